The third kappa shape index (κ3) is 1.17. The number of amides is 1. The van der Waals surface area contributed by atoms with E-state index in [2.05, 4.69) is 0 Å². The fraction of sp³-hybridized carbons (Fsp3) is 0.364. The third-order valence-corrected chi connectivity index (χ3v) is 3.10. The molecule has 78 valence electrons. The first kappa shape index (κ1) is 8.59. The number of nitrogens with two attached hydrogens (primary N) is 1. The van der Waals surface area contributed by atoms with Gasteiger partial charge >= 0.3 is 6.09 Å². The second-order valence-electron chi connectivity index (χ2n) is 4.21. The molecule has 0 radical (unpaired) electrons. The first-order valence-corrected chi connectivity index (χ1v) is 5.04. The van der Waals surface area contributed by atoms with Crippen molar-refractivity contribution in [2.75, 3.05) is 17.2 Å². The van der Waals surface area contributed by atoms with Crippen molar-refractivity contribution in [3.63, 3.8) is 0 Å². The molecular weight excluding hydrogens is 192 g/mol. The van der Waals surface area contributed by atoms with E-state index in [1.807, 2.05) is 12.1 Å². The summed E-state index contributed by atoms with van der Waals surface area (Å²) in [4.78, 5) is 13.3. The van der Waals surface area contributed by atoms with E-state index < -0.39 is 0 Å². The van der Waals surface area contributed by atoms with E-state index in [0.717, 1.165) is 18.5 Å². The largest absolute Gasteiger partial charge is 0.447 e. The molecule has 1 spiro atoms. The summed E-state index contributed by atoms with van der Waals surface area (Å²) in [6.45, 7) is 0.524. The lowest BCUT2D eigenvalue weighted by Crippen LogP contribution is -2.35. The number of nitrogens with zero attached hydrogens (tertiary/aromatic N) is 1. The Kier molecular flexibility index (Phi) is 1.52. The zero-order valence-electron chi connectivity index (χ0n) is 8.27. The Morgan fingerprint density at radius 1 is 1.27 bits per heavy atom. The van der Waals surface area contributed by atoms with Crippen LogP contribution >= 0.6 is 0 Å². The molecule has 0 unspecified atom stereocenters. The van der Waals surface area contributed by atoms with Crippen LogP contribution in [0.2, 0.25) is 0 Å². The molecule has 1 saturated carbocycles. The van der Waals surface area contributed by atoms with Crippen molar-refractivity contribution >= 4 is 17.5 Å². The highest BCUT2D eigenvalue weighted by Crippen LogP contribution is 2.48. The Hall–Kier alpha value is -1.71. The van der Waals surface area contributed by atoms with Gasteiger partial charge in [-0.3, -0.25) is 4.90 Å². The SMILES string of the molecule is Nc1ccc(N2C(=O)OCC23CC3)cc1. The number of hydrogen-bond donors (Lipinski definition) is 1. The zero-order chi connectivity index (χ0) is 10.5. The van der Waals surface area contributed by atoms with E-state index in [1.54, 1.807) is 17.0 Å². The molecular formula is C11H12N2O2. The predicted molar refractivity (Wildman–Crippen MR) is 56.6 cm³/mol. The predicted octanol–water partition coefficient (Wildman–Crippen LogP) is 1.76. The van der Waals surface area contributed by atoms with Gasteiger partial charge in [0.1, 0.15) is 6.61 Å². The Labute approximate surface area is 87.6 Å². The lowest BCUT2D eigenvalue weighted by molar-refractivity contribution is 0.178. The molecule has 1 aliphatic carbocycles. The van der Waals surface area contributed by atoms with Crippen molar-refractivity contribution in [3.8, 4) is 0 Å². The highest BCUT2D eigenvalue weighted by molar-refractivity contribution is 5.92. The van der Waals surface area contributed by atoms with Gasteiger partial charge in [-0.1, -0.05) is 0 Å². The van der Waals surface area contributed by atoms with Gasteiger partial charge in [-0.25, -0.2) is 4.79 Å². The summed E-state index contributed by atoms with van der Waals surface area (Å²) in [5.74, 6) is 0. The van der Waals surface area contributed by atoms with Gasteiger partial charge in [0.25, 0.3) is 0 Å². The van der Waals surface area contributed by atoms with E-state index in [4.69, 9.17) is 10.5 Å². The minimum Gasteiger partial charge on any atom is -0.447 e. The minimum atomic E-state index is -0.239. The average Bonchev–Trinajstić information content (AvgIpc) is 2.92. The lowest BCUT2D eigenvalue weighted by atomic mass is 10.2. The Morgan fingerprint density at radius 2 is 1.93 bits per heavy atom. The molecule has 1 saturated heterocycles. The summed E-state index contributed by atoms with van der Waals surface area (Å²) in [6.07, 6.45) is 1.82. The number of nitrogen functional groups attached to an aromatic ring is 1. The van der Waals surface area contributed by atoms with Crippen LogP contribution in [0.15, 0.2) is 24.3 Å². The van der Waals surface area contributed by atoms with E-state index in [9.17, 15) is 4.79 Å². The molecule has 1 amide bonds. The van der Waals surface area contributed by atoms with E-state index in [1.165, 1.54) is 0 Å². The fourth-order valence-corrected chi connectivity index (χ4v) is 2.03. The maximum atomic E-state index is 11.6. The number of ether oxygens (including phenoxy) is 1. The van der Waals surface area contributed by atoms with Gasteiger partial charge in [0.2, 0.25) is 0 Å². The van der Waals surface area contributed by atoms with Gasteiger partial charge in [-0.05, 0) is 37.1 Å². The van der Waals surface area contributed by atoms with Crippen LogP contribution in [0.1, 0.15) is 12.8 Å². The number of anilines is 2. The molecule has 4 heteroatoms. The standard InChI is InChI=1S/C11H12N2O2/c12-8-1-3-9(4-2-8)13-10(14)15-7-11(13)5-6-11/h1-4H,5-7,12H2. The number of benzene rings is 1. The fourth-order valence-electron chi connectivity index (χ4n) is 2.03. The van der Waals surface area contributed by atoms with Crippen LogP contribution in [0.5, 0.6) is 0 Å². The normalized spacial score (nSPS) is 21.9. The third-order valence-electron chi connectivity index (χ3n) is 3.10. The van der Waals surface area contributed by atoms with Gasteiger partial charge in [-0.15, -0.1) is 0 Å². The molecule has 1 aliphatic heterocycles. The van der Waals surface area contributed by atoms with E-state index in [-0.39, 0.29) is 11.6 Å². The quantitative estimate of drug-likeness (QED) is 0.709. The van der Waals surface area contributed by atoms with Gasteiger partial charge in [-0.2, -0.15) is 0 Å². The smallest absolute Gasteiger partial charge is 0.415 e. The molecule has 2 aliphatic rings. The number of hydrogen-bond acceptors (Lipinski definition) is 3. The summed E-state index contributed by atoms with van der Waals surface area (Å²) in [7, 11) is 0. The molecule has 15 heavy (non-hydrogen) atoms. The molecule has 3 rings (SSSR count). The molecule has 2 fully saturated rings. The van der Waals surface area contributed by atoms with Crippen LogP contribution in [0.3, 0.4) is 0 Å². The van der Waals surface area contributed by atoms with Gasteiger partial charge in [0, 0.05) is 11.4 Å². The second-order valence-corrected chi connectivity index (χ2v) is 4.21. The molecule has 0 bridgehead atoms. The van der Waals surface area contributed by atoms with Crippen LogP contribution in [0.25, 0.3) is 0 Å². The Balaban J connectivity index is 1.98. The maximum Gasteiger partial charge on any atom is 0.415 e. The summed E-state index contributed by atoms with van der Waals surface area (Å²) < 4.78 is 5.08. The minimum absolute atomic E-state index is 0.0484. The first-order valence-electron chi connectivity index (χ1n) is 5.04. The van der Waals surface area contributed by atoms with Gasteiger partial charge < -0.3 is 10.5 Å². The highest BCUT2D eigenvalue weighted by Gasteiger charge is 2.57. The lowest BCUT2D eigenvalue weighted by Gasteiger charge is -2.20. The summed E-state index contributed by atoms with van der Waals surface area (Å²) in [5, 5.41) is 0. The highest BCUT2D eigenvalue weighted by atomic mass is 16.6. The van der Waals surface area contributed by atoms with Crippen molar-refractivity contribution in [1.82, 2.24) is 0 Å². The zero-order valence-corrected chi connectivity index (χ0v) is 8.27. The number of carbonyl (C=O) groups is 1. The Morgan fingerprint density at radius 3 is 2.53 bits per heavy atom. The van der Waals surface area contributed by atoms with Gasteiger partial charge in [0.05, 0.1) is 5.54 Å². The topological polar surface area (TPSA) is 55.6 Å². The molecule has 1 aromatic rings. The maximum absolute atomic E-state index is 11.6. The van der Waals surface area contributed by atoms with Crippen LogP contribution in [-0.4, -0.2) is 18.2 Å². The van der Waals surface area contributed by atoms with Crippen molar-refractivity contribution in [1.29, 1.82) is 0 Å². The van der Waals surface area contributed by atoms with Crippen molar-refractivity contribution in [3.05, 3.63) is 24.3 Å². The number of rotatable bonds is 1. The van der Waals surface area contributed by atoms with Crippen LogP contribution < -0.4 is 10.6 Å². The molecule has 4 nitrogen and oxygen atoms in total. The molecule has 2 N–H and O–H groups in total. The number of carbonyl (C=O) groups excluding carboxylic acids is 1. The molecule has 1 aromatic carbocycles. The van der Waals surface area contributed by atoms with Crippen LogP contribution in [-0.2, 0) is 4.74 Å². The van der Waals surface area contributed by atoms with Crippen LogP contribution in [0, 0.1) is 0 Å². The molecule has 1 heterocycles. The van der Waals surface area contributed by atoms with Crippen molar-refractivity contribution in [2.45, 2.75) is 18.4 Å². The molecule has 0 atom stereocenters. The monoisotopic (exact) mass is 204 g/mol. The van der Waals surface area contributed by atoms with Crippen LogP contribution in [0.4, 0.5) is 16.2 Å². The van der Waals surface area contributed by atoms with Crippen molar-refractivity contribution in [2.24, 2.45) is 0 Å². The summed E-state index contributed by atoms with van der Waals surface area (Å²) in [6, 6.07) is 7.33. The number of cyclic esters (lactones) is 1. The van der Waals surface area contributed by atoms with E-state index >= 15 is 0 Å². The molecule has 0 aromatic heterocycles. The first-order chi connectivity index (χ1) is 7.21. The van der Waals surface area contributed by atoms with E-state index in [0.29, 0.717) is 12.3 Å². The van der Waals surface area contributed by atoms with Crippen molar-refractivity contribution < 1.29 is 9.53 Å². The second kappa shape index (κ2) is 2.66. The Bertz CT molecular complexity index is 409. The van der Waals surface area contributed by atoms with Gasteiger partial charge in [0.15, 0.2) is 0 Å². The summed E-state index contributed by atoms with van der Waals surface area (Å²) in [5.41, 5.74) is 7.14. The average molecular weight is 204 g/mol. The summed E-state index contributed by atoms with van der Waals surface area (Å²) >= 11 is 0.